The summed E-state index contributed by atoms with van der Waals surface area (Å²) in [6.07, 6.45) is 41.4. The molecule has 370 valence electrons. The number of ether oxygens (including phenoxy) is 4. The zero-order valence-electron chi connectivity index (χ0n) is 42.4. The van der Waals surface area contributed by atoms with Gasteiger partial charge in [0.25, 0.3) is 5.92 Å². The van der Waals surface area contributed by atoms with Gasteiger partial charge in [-0.25, -0.2) is 8.78 Å². The molecule has 5 nitrogen and oxygen atoms in total. The van der Waals surface area contributed by atoms with Crippen LogP contribution in [0.3, 0.4) is 0 Å². The van der Waals surface area contributed by atoms with E-state index in [1.165, 1.54) is 122 Å². The number of hydrogen-bond donors (Lipinski definition) is 0. The highest BCUT2D eigenvalue weighted by Gasteiger charge is 2.59. The van der Waals surface area contributed by atoms with Crippen LogP contribution < -0.4 is 0 Å². The summed E-state index contributed by atoms with van der Waals surface area (Å²) in [5, 5.41) is 0. The van der Waals surface area contributed by atoms with Crippen molar-refractivity contribution >= 4 is 0 Å². The van der Waals surface area contributed by atoms with Gasteiger partial charge in [-0.3, -0.25) is 0 Å². The van der Waals surface area contributed by atoms with E-state index in [4.69, 9.17) is 18.9 Å². The van der Waals surface area contributed by atoms with E-state index in [0.717, 1.165) is 67.8 Å². The minimum atomic E-state index is -2.54. The molecule has 64 heavy (non-hydrogen) atoms. The summed E-state index contributed by atoms with van der Waals surface area (Å²) in [5.41, 5.74) is 2.57. The Morgan fingerprint density at radius 3 is 2.19 bits per heavy atom. The second kappa shape index (κ2) is 28.4. The van der Waals surface area contributed by atoms with Gasteiger partial charge in [0, 0.05) is 39.1 Å². The van der Waals surface area contributed by atoms with Crippen LogP contribution >= 0.6 is 0 Å². The van der Waals surface area contributed by atoms with Crippen molar-refractivity contribution in [1.82, 2.24) is 4.90 Å². The number of nitrogens with zero attached hydrogens (tertiary/aromatic N) is 1. The van der Waals surface area contributed by atoms with E-state index < -0.39 is 5.92 Å². The molecule has 0 aromatic carbocycles. The molecule has 0 bridgehead atoms. The summed E-state index contributed by atoms with van der Waals surface area (Å²) in [7, 11) is 0. The topological polar surface area (TPSA) is 40.2 Å². The fourth-order valence-corrected chi connectivity index (χ4v) is 13.4. The second-order valence-corrected chi connectivity index (χ2v) is 22.4. The maximum absolute atomic E-state index is 13.9. The zero-order valence-corrected chi connectivity index (χ0v) is 42.4. The Balaban J connectivity index is 0.931. The van der Waals surface area contributed by atoms with E-state index in [1.54, 1.807) is 5.57 Å². The number of rotatable bonds is 32. The van der Waals surface area contributed by atoms with E-state index >= 15 is 0 Å². The van der Waals surface area contributed by atoms with Crippen molar-refractivity contribution in [1.29, 1.82) is 0 Å². The van der Waals surface area contributed by atoms with Crippen molar-refractivity contribution < 1.29 is 27.7 Å². The lowest BCUT2D eigenvalue weighted by atomic mass is 9.47. The Hall–Kier alpha value is -1.12. The van der Waals surface area contributed by atoms with Crippen LogP contribution in [0.1, 0.15) is 202 Å². The predicted octanol–water partition coefficient (Wildman–Crippen LogP) is 15.4. The smallest absolute Gasteiger partial charge is 0.250 e. The number of unbranched alkanes of at least 4 members (excludes halogenated alkanes) is 9. The summed E-state index contributed by atoms with van der Waals surface area (Å²) in [6.45, 7) is 19.7. The molecule has 0 aromatic rings. The van der Waals surface area contributed by atoms with Gasteiger partial charge in [-0.2, -0.15) is 0 Å². The van der Waals surface area contributed by atoms with Crippen LogP contribution in [0.4, 0.5) is 8.78 Å². The Kier molecular flexibility index (Phi) is 23.9. The molecule has 4 fully saturated rings. The van der Waals surface area contributed by atoms with Gasteiger partial charge >= 0.3 is 0 Å². The van der Waals surface area contributed by atoms with Gasteiger partial charge < -0.3 is 23.8 Å². The van der Waals surface area contributed by atoms with Crippen molar-refractivity contribution in [2.75, 3.05) is 59.3 Å². The normalized spacial score (nSPS) is 30.5. The zero-order chi connectivity index (χ0) is 45.7. The first-order chi connectivity index (χ1) is 30.9. The molecule has 0 N–H and O–H groups in total. The number of likely N-dealkylation sites (tertiary alicyclic amines) is 1. The maximum atomic E-state index is 13.9. The number of alkyl halides is 2. The average molecular weight is 900 g/mol. The van der Waals surface area contributed by atoms with Crippen molar-refractivity contribution in [3.63, 3.8) is 0 Å². The minimum Gasteiger partial charge on any atom is -0.379 e. The van der Waals surface area contributed by atoms with Gasteiger partial charge in [0.05, 0.1) is 45.2 Å². The minimum absolute atomic E-state index is 0.0757. The average Bonchev–Trinajstić information content (AvgIpc) is 3.63. The number of piperidine rings is 1. The SMILES string of the molecule is CCCCCC=CCC=CCCCCCCCCOCC(CN1CCC(F)(F)CC1)OCCOCCO[C@H]1CC[C@@]2(C)C(=CCC3C2CC[C@@]2(C)C3CC[C@@H]2[C@H](C)CCCC(C)C)C1. The molecule has 5 rings (SSSR count). The first-order valence-corrected chi connectivity index (χ1v) is 27.4. The lowest BCUT2D eigenvalue weighted by Gasteiger charge is -2.58. The number of fused-ring (bicyclic) bond motifs is 5. The van der Waals surface area contributed by atoms with Gasteiger partial charge in [-0.15, -0.1) is 0 Å². The molecule has 9 atom stereocenters. The molecule has 0 radical (unpaired) electrons. The Labute approximate surface area is 393 Å². The van der Waals surface area contributed by atoms with Crippen LogP contribution in [-0.2, 0) is 18.9 Å². The van der Waals surface area contributed by atoms with Gasteiger partial charge in [0.2, 0.25) is 0 Å². The summed E-state index contributed by atoms with van der Waals surface area (Å²) >= 11 is 0. The highest BCUT2D eigenvalue weighted by molar-refractivity contribution is 5.25. The monoisotopic (exact) mass is 900 g/mol. The Morgan fingerprint density at radius 2 is 1.44 bits per heavy atom. The number of allylic oxidation sites excluding steroid dienone is 5. The van der Waals surface area contributed by atoms with Crippen LogP contribution in [-0.4, -0.2) is 82.3 Å². The second-order valence-electron chi connectivity index (χ2n) is 22.4. The van der Waals surface area contributed by atoms with Crippen molar-refractivity contribution in [2.45, 2.75) is 220 Å². The fourth-order valence-electron chi connectivity index (χ4n) is 13.4. The van der Waals surface area contributed by atoms with Crippen LogP contribution in [0.5, 0.6) is 0 Å². The van der Waals surface area contributed by atoms with Gasteiger partial charge in [0.1, 0.15) is 0 Å². The number of halogens is 2. The molecular formula is C57H99F2NO4. The Morgan fingerprint density at radius 1 is 0.719 bits per heavy atom. The van der Waals surface area contributed by atoms with Gasteiger partial charge in [-0.1, -0.05) is 135 Å². The summed E-state index contributed by atoms with van der Waals surface area (Å²) in [5.74, 6) is 2.66. The fraction of sp³-hybridized carbons (Fsp3) is 0.895. The quantitative estimate of drug-likeness (QED) is 0.0497. The molecule has 1 saturated heterocycles. The van der Waals surface area contributed by atoms with E-state index in [9.17, 15) is 8.78 Å². The summed E-state index contributed by atoms with van der Waals surface area (Å²) < 4.78 is 52.6. The first-order valence-electron chi connectivity index (χ1n) is 27.4. The lowest BCUT2D eigenvalue weighted by molar-refractivity contribution is -0.0852. The standard InChI is InChI=1S/C57H99F2NO4/c1-7-8-9-10-11-12-13-14-15-16-17-18-19-20-21-22-38-62-45-50(44-60-36-34-57(58,59)35-37-60)64-42-40-61-39-41-63-49-30-32-55(5)48(43-49)26-27-51-53-29-28-52(47(4)25-23-24-46(2)3)56(53,6)33-31-54(51)55/h11-12,14-15,26,46-47,49-54H,7-10,13,16-25,27-45H2,1-6H3/t47-,49+,50?,51?,52-,53?,54?,55+,56-/m1/s1. The van der Waals surface area contributed by atoms with Crippen LogP contribution in [0.25, 0.3) is 0 Å². The third-order valence-corrected chi connectivity index (χ3v) is 17.3. The molecule has 4 aliphatic carbocycles. The van der Waals surface area contributed by atoms with Crippen molar-refractivity contribution in [3.8, 4) is 0 Å². The first kappa shape index (κ1) is 53.8. The summed E-state index contributed by atoms with van der Waals surface area (Å²) in [4.78, 5) is 2.12. The molecule has 0 aromatic heterocycles. The molecule has 1 heterocycles. The summed E-state index contributed by atoms with van der Waals surface area (Å²) in [6, 6.07) is 0. The molecule has 1 aliphatic heterocycles. The highest BCUT2D eigenvalue weighted by atomic mass is 19.3. The van der Waals surface area contributed by atoms with E-state index in [0.29, 0.717) is 63.5 Å². The highest BCUT2D eigenvalue weighted by Crippen LogP contribution is 2.67. The van der Waals surface area contributed by atoms with E-state index in [2.05, 4.69) is 76.8 Å². The molecule has 4 unspecified atom stereocenters. The van der Waals surface area contributed by atoms with Crippen LogP contribution in [0.15, 0.2) is 36.0 Å². The number of hydrogen-bond acceptors (Lipinski definition) is 5. The molecule has 5 aliphatic rings. The van der Waals surface area contributed by atoms with Gasteiger partial charge in [0.15, 0.2) is 0 Å². The maximum Gasteiger partial charge on any atom is 0.250 e. The van der Waals surface area contributed by atoms with E-state index in [1.807, 2.05) is 0 Å². The predicted molar refractivity (Wildman–Crippen MR) is 264 cm³/mol. The largest absolute Gasteiger partial charge is 0.379 e. The molecule has 3 saturated carbocycles. The molecule has 0 amide bonds. The Bertz CT molecular complexity index is 1360. The van der Waals surface area contributed by atoms with E-state index in [-0.39, 0.29) is 25.0 Å². The van der Waals surface area contributed by atoms with Crippen LogP contribution in [0.2, 0.25) is 0 Å². The third-order valence-electron chi connectivity index (χ3n) is 17.3. The van der Waals surface area contributed by atoms with Crippen LogP contribution in [0, 0.1) is 46.3 Å². The van der Waals surface area contributed by atoms with Gasteiger partial charge in [-0.05, 0) is 136 Å². The molecule has 7 heteroatoms. The third kappa shape index (κ3) is 17.1. The van der Waals surface area contributed by atoms with Crippen molar-refractivity contribution in [3.05, 3.63) is 36.0 Å². The molecule has 0 spiro atoms. The molecular weight excluding hydrogens is 801 g/mol. The van der Waals surface area contributed by atoms with Crippen molar-refractivity contribution in [2.24, 2.45) is 46.3 Å². The lowest BCUT2D eigenvalue weighted by Crippen LogP contribution is -2.51.